The number of amides is 2. The molecule has 4 heterocycles. The van der Waals surface area contributed by atoms with Crippen molar-refractivity contribution in [1.29, 1.82) is 0 Å². The van der Waals surface area contributed by atoms with Gasteiger partial charge in [0, 0.05) is 94.0 Å². The highest BCUT2D eigenvalue weighted by Gasteiger charge is 2.47. The van der Waals surface area contributed by atoms with E-state index in [9.17, 15) is 22.8 Å². The molecule has 1 aliphatic carbocycles. The van der Waals surface area contributed by atoms with Gasteiger partial charge in [0.2, 0.25) is 5.91 Å². The highest BCUT2D eigenvalue weighted by Crippen LogP contribution is 2.38. The topological polar surface area (TPSA) is 78.5 Å². The molecule has 1 saturated carbocycles. The second-order valence-electron chi connectivity index (χ2n) is 14.1. The number of ether oxygens (including phenoxy) is 2. The third kappa shape index (κ3) is 7.15. The fourth-order valence-corrected chi connectivity index (χ4v) is 8.19. The number of rotatable bonds is 7. The van der Waals surface area contributed by atoms with Crippen LogP contribution in [0.4, 0.5) is 23.7 Å². The number of piperidine rings is 1. The quantitative estimate of drug-likeness (QED) is 0.294. The van der Waals surface area contributed by atoms with E-state index in [1.165, 1.54) is 18.9 Å². The molecule has 2 amide bonds. The number of nitrogens with zero attached hydrogens (tertiary/aromatic N) is 5. The average molecular weight is 680 g/mol. The van der Waals surface area contributed by atoms with Crippen LogP contribution in [0.3, 0.4) is 0 Å². The number of methoxy groups -OCH3 is 1. The highest BCUT2D eigenvalue weighted by molar-refractivity contribution is 5.91. The van der Waals surface area contributed by atoms with Crippen LogP contribution in [0.2, 0.25) is 0 Å². The molecule has 7 rings (SSSR count). The lowest BCUT2D eigenvalue weighted by molar-refractivity contribution is -0.138. The predicted octanol–water partition coefficient (Wildman–Crippen LogP) is 6.20. The number of pyridine rings is 1. The van der Waals surface area contributed by atoms with Crippen LogP contribution >= 0.6 is 0 Å². The summed E-state index contributed by atoms with van der Waals surface area (Å²) >= 11 is 0. The van der Waals surface area contributed by atoms with Crippen molar-refractivity contribution in [3.05, 3.63) is 65.9 Å². The molecule has 49 heavy (non-hydrogen) atoms. The highest BCUT2D eigenvalue weighted by atomic mass is 19.4. The van der Waals surface area contributed by atoms with E-state index in [4.69, 9.17) is 9.47 Å². The molecule has 2 aromatic carbocycles. The van der Waals surface area contributed by atoms with Gasteiger partial charge < -0.3 is 24.2 Å². The molecule has 3 aliphatic heterocycles. The first-order valence-corrected chi connectivity index (χ1v) is 17.4. The van der Waals surface area contributed by atoms with Crippen molar-refractivity contribution in [2.75, 3.05) is 64.4 Å². The number of hydrogen-bond acceptors (Lipinski definition) is 7. The zero-order valence-corrected chi connectivity index (χ0v) is 28.0. The van der Waals surface area contributed by atoms with E-state index < -0.39 is 17.3 Å². The van der Waals surface area contributed by atoms with E-state index in [0.717, 1.165) is 61.8 Å². The van der Waals surface area contributed by atoms with E-state index in [1.807, 2.05) is 34.2 Å². The monoisotopic (exact) mass is 679 g/mol. The molecule has 0 atom stereocenters. The summed E-state index contributed by atoms with van der Waals surface area (Å²) in [4.78, 5) is 39.4. The number of anilines is 1. The van der Waals surface area contributed by atoms with Crippen molar-refractivity contribution < 1.29 is 32.2 Å². The summed E-state index contributed by atoms with van der Waals surface area (Å²) in [5, 5.41) is 1.14. The van der Waals surface area contributed by atoms with Crippen LogP contribution < -0.4 is 9.64 Å². The molecule has 1 aromatic heterocycles. The molecule has 3 aromatic rings. The van der Waals surface area contributed by atoms with Crippen LogP contribution in [-0.2, 0) is 22.3 Å². The van der Waals surface area contributed by atoms with Crippen molar-refractivity contribution in [2.24, 2.45) is 11.8 Å². The van der Waals surface area contributed by atoms with Gasteiger partial charge in [-0.05, 0) is 55.9 Å². The van der Waals surface area contributed by atoms with Crippen LogP contribution in [-0.4, -0.2) is 96.8 Å². The van der Waals surface area contributed by atoms with Gasteiger partial charge in [-0.2, -0.15) is 13.2 Å². The minimum atomic E-state index is -4.42. The van der Waals surface area contributed by atoms with Crippen LogP contribution in [0, 0.1) is 11.8 Å². The van der Waals surface area contributed by atoms with Gasteiger partial charge in [0.15, 0.2) is 0 Å². The first kappa shape index (κ1) is 33.4. The molecule has 12 heteroatoms. The minimum absolute atomic E-state index is 0.0362. The SMILES string of the molecule is COc1cc(C(F)(F)F)ccc1CN1CCC2(CC1)CN(C[C@H]1CC[C@H](C(=O)N3CCN(c4ccnc5ccccc45)CC3)CC1)C(=O)O2. The van der Waals surface area contributed by atoms with E-state index >= 15 is 0 Å². The maximum atomic E-state index is 13.5. The molecule has 4 aliphatic rings. The molecule has 3 saturated heterocycles. The molecular formula is C37H44F3N5O4. The van der Waals surface area contributed by atoms with E-state index in [2.05, 4.69) is 26.9 Å². The minimum Gasteiger partial charge on any atom is -0.496 e. The molecular weight excluding hydrogens is 635 g/mol. The van der Waals surface area contributed by atoms with Crippen molar-refractivity contribution >= 4 is 28.6 Å². The zero-order chi connectivity index (χ0) is 34.2. The first-order chi connectivity index (χ1) is 23.6. The number of aromatic nitrogens is 1. The number of carbonyl (C=O) groups is 2. The normalized spacial score (nSPS) is 23.3. The largest absolute Gasteiger partial charge is 0.496 e. The fourth-order valence-electron chi connectivity index (χ4n) is 8.19. The summed E-state index contributed by atoms with van der Waals surface area (Å²) in [6.07, 6.45) is 2.02. The van der Waals surface area contributed by atoms with Crippen LogP contribution in [0.15, 0.2) is 54.7 Å². The first-order valence-electron chi connectivity index (χ1n) is 17.4. The lowest BCUT2D eigenvalue weighted by Crippen LogP contribution is -2.51. The van der Waals surface area contributed by atoms with Gasteiger partial charge in [0.05, 0.1) is 24.7 Å². The van der Waals surface area contributed by atoms with E-state index in [1.54, 1.807) is 0 Å². The lowest BCUT2D eigenvalue weighted by Gasteiger charge is -2.39. The third-order valence-electron chi connectivity index (χ3n) is 11.0. The van der Waals surface area contributed by atoms with Gasteiger partial charge in [0.25, 0.3) is 0 Å². The second kappa shape index (κ2) is 13.7. The Morgan fingerprint density at radius 2 is 1.71 bits per heavy atom. The number of para-hydroxylation sites is 1. The predicted molar refractivity (Wildman–Crippen MR) is 179 cm³/mol. The maximum absolute atomic E-state index is 13.5. The Morgan fingerprint density at radius 1 is 0.980 bits per heavy atom. The zero-order valence-electron chi connectivity index (χ0n) is 28.0. The van der Waals surface area contributed by atoms with Crippen LogP contribution in [0.25, 0.3) is 10.9 Å². The van der Waals surface area contributed by atoms with Gasteiger partial charge in [-0.25, -0.2) is 4.79 Å². The standard InChI is InChI=1S/C37H44F3N5O4/c1-48-33-22-29(37(38,39)40)11-10-28(33)24-42-16-13-36(14-17-42)25-45(35(47)49-36)23-26-6-8-27(9-7-26)34(46)44-20-18-43(19-21-44)32-12-15-41-31-5-3-2-4-30(31)32/h2-5,10-12,15,22,26-27H,6-9,13-14,16-21,23-25H2,1H3/t26-,27-. The number of carbonyl (C=O) groups excluding carboxylic acids is 2. The molecule has 9 nitrogen and oxygen atoms in total. The number of piperazine rings is 1. The average Bonchev–Trinajstić information content (AvgIpc) is 3.42. The number of hydrogen-bond donors (Lipinski definition) is 0. The van der Waals surface area contributed by atoms with Gasteiger partial charge in [-0.15, -0.1) is 0 Å². The summed E-state index contributed by atoms with van der Waals surface area (Å²) in [5.41, 5.74) is 1.59. The number of likely N-dealkylation sites (tertiary alicyclic amines) is 1. The summed E-state index contributed by atoms with van der Waals surface area (Å²) < 4.78 is 50.7. The molecule has 0 N–H and O–H groups in total. The Balaban J connectivity index is 0.856. The fraction of sp³-hybridized carbons (Fsp3) is 0.541. The summed E-state index contributed by atoms with van der Waals surface area (Å²) in [7, 11) is 1.38. The van der Waals surface area contributed by atoms with Gasteiger partial charge >= 0.3 is 12.3 Å². The third-order valence-corrected chi connectivity index (χ3v) is 11.0. The smallest absolute Gasteiger partial charge is 0.416 e. The molecule has 4 fully saturated rings. The summed E-state index contributed by atoms with van der Waals surface area (Å²) in [6.45, 7) is 6.04. The second-order valence-corrected chi connectivity index (χ2v) is 14.1. The van der Waals surface area contributed by atoms with Crippen molar-refractivity contribution in [3.63, 3.8) is 0 Å². The number of fused-ring (bicyclic) bond motifs is 1. The summed E-state index contributed by atoms with van der Waals surface area (Å²) in [6, 6.07) is 13.9. The molecule has 0 radical (unpaired) electrons. The Kier molecular flexibility index (Phi) is 9.34. The molecule has 0 bridgehead atoms. The van der Waals surface area contributed by atoms with Crippen LogP contribution in [0.5, 0.6) is 5.75 Å². The van der Waals surface area contributed by atoms with Gasteiger partial charge in [0.1, 0.15) is 11.4 Å². The van der Waals surface area contributed by atoms with Gasteiger partial charge in [-0.1, -0.05) is 24.3 Å². The molecule has 1 spiro atoms. The van der Waals surface area contributed by atoms with E-state index in [-0.39, 0.29) is 23.7 Å². The lowest BCUT2D eigenvalue weighted by atomic mass is 9.81. The summed E-state index contributed by atoms with van der Waals surface area (Å²) in [5.74, 6) is 0.866. The molecule has 0 unspecified atom stereocenters. The number of benzene rings is 2. The number of halogens is 3. The maximum Gasteiger partial charge on any atom is 0.416 e. The van der Waals surface area contributed by atoms with Crippen molar-refractivity contribution in [2.45, 2.75) is 56.8 Å². The van der Waals surface area contributed by atoms with Crippen molar-refractivity contribution in [3.8, 4) is 5.75 Å². The number of alkyl halides is 3. The van der Waals surface area contributed by atoms with E-state index in [0.29, 0.717) is 70.1 Å². The molecule has 262 valence electrons. The Bertz CT molecular complexity index is 1660. The Morgan fingerprint density at radius 3 is 2.43 bits per heavy atom. The van der Waals surface area contributed by atoms with Gasteiger partial charge in [-0.3, -0.25) is 14.7 Å². The Hall–Kier alpha value is -4.06. The van der Waals surface area contributed by atoms with Crippen molar-refractivity contribution in [1.82, 2.24) is 19.7 Å². The van der Waals surface area contributed by atoms with Crippen LogP contribution in [0.1, 0.15) is 49.7 Å². The Labute approximate surface area is 284 Å².